The summed E-state index contributed by atoms with van der Waals surface area (Å²) >= 11 is 0. The van der Waals surface area contributed by atoms with Crippen molar-refractivity contribution in [1.82, 2.24) is 0 Å². The Morgan fingerprint density at radius 1 is 1.06 bits per heavy atom. The van der Waals surface area contributed by atoms with E-state index in [-0.39, 0.29) is 5.92 Å². The number of hydrogen-bond acceptors (Lipinski definition) is 1. The van der Waals surface area contributed by atoms with Crippen molar-refractivity contribution in [2.75, 3.05) is 0 Å². The summed E-state index contributed by atoms with van der Waals surface area (Å²) in [6.45, 7) is 5.45. The van der Waals surface area contributed by atoms with Gasteiger partial charge in [0, 0.05) is 0 Å². The molecular weight excluding hydrogens is 210 g/mol. The molecule has 92 valence electrons. The third-order valence-electron chi connectivity index (χ3n) is 2.97. The number of halogens is 2. The molecule has 16 heavy (non-hydrogen) atoms. The van der Waals surface area contributed by atoms with Crippen LogP contribution in [0.3, 0.4) is 0 Å². The second-order valence-corrected chi connectivity index (χ2v) is 4.80. The van der Waals surface area contributed by atoms with Crippen LogP contribution in [0.2, 0.25) is 0 Å². The Labute approximate surface area is 96.2 Å². The quantitative estimate of drug-likeness (QED) is 0.690. The van der Waals surface area contributed by atoms with E-state index in [0.29, 0.717) is 11.7 Å². The summed E-state index contributed by atoms with van der Waals surface area (Å²) in [5, 5.41) is 0. The van der Waals surface area contributed by atoms with E-state index >= 15 is 0 Å². The molecule has 1 aliphatic carbocycles. The highest BCUT2D eigenvalue weighted by Crippen LogP contribution is 2.33. The van der Waals surface area contributed by atoms with Gasteiger partial charge in [0.05, 0.1) is 0 Å². The molecule has 0 saturated heterocycles. The molecule has 0 heterocycles. The molecule has 0 amide bonds. The van der Waals surface area contributed by atoms with Gasteiger partial charge in [-0.15, -0.1) is 0 Å². The zero-order chi connectivity index (χ0) is 12.3. The highest BCUT2D eigenvalue weighted by molar-refractivity contribution is 5.31. The minimum Gasteiger partial charge on any atom is -0.435 e. The molecule has 1 rings (SSSR count). The zero-order valence-electron chi connectivity index (χ0n) is 10.4. The first kappa shape index (κ1) is 13.2. The lowest BCUT2D eigenvalue weighted by Gasteiger charge is -2.24. The zero-order valence-corrected chi connectivity index (χ0v) is 10.4. The Hall–Kier alpha value is -0.860. The van der Waals surface area contributed by atoms with Gasteiger partial charge in [0.25, 0.3) is 0 Å². The molecule has 0 atom stereocenters. The Balaban J connectivity index is 2.97. The van der Waals surface area contributed by atoms with Gasteiger partial charge in [0.1, 0.15) is 5.76 Å². The first-order chi connectivity index (χ1) is 7.41. The number of ether oxygens (including phenoxy) is 1. The standard InChI is InChI=1S/C13H20F2O/c1-8(2)10-5-6-11(9(3)4)12(7-10)16-13(14)15/h7-9,13H,5-6H2,1-4H3. The van der Waals surface area contributed by atoms with E-state index in [4.69, 9.17) is 0 Å². The molecule has 0 aliphatic heterocycles. The highest BCUT2D eigenvalue weighted by atomic mass is 19.3. The van der Waals surface area contributed by atoms with Crippen molar-refractivity contribution in [3.8, 4) is 0 Å². The maximum atomic E-state index is 12.3. The van der Waals surface area contributed by atoms with Crippen LogP contribution in [0, 0.1) is 11.8 Å². The molecule has 0 unspecified atom stereocenters. The van der Waals surface area contributed by atoms with Gasteiger partial charge in [-0.25, -0.2) is 0 Å². The number of alkyl halides is 2. The van der Waals surface area contributed by atoms with Gasteiger partial charge in [-0.3, -0.25) is 0 Å². The van der Waals surface area contributed by atoms with Gasteiger partial charge in [-0.05, 0) is 36.3 Å². The Morgan fingerprint density at radius 3 is 2.12 bits per heavy atom. The van der Waals surface area contributed by atoms with E-state index in [1.54, 1.807) is 6.08 Å². The monoisotopic (exact) mass is 230 g/mol. The normalized spacial score (nSPS) is 17.4. The molecular formula is C13H20F2O. The molecule has 1 aliphatic rings. The molecule has 0 aromatic carbocycles. The number of allylic oxidation sites excluding steroid dienone is 3. The summed E-state index contributed by atoms with van der Waals surface area (Å²) < 4.78 is 29.2. The van der Waals surface area contributed by atoms with Crippen molar-refractivity contribution < 1.29 is 13.5 Å². The summed E-state index contributed by atoms with van der Waals surface area (Å²) in [7, 11) is 0. The van der Waals surface area contributed by atoms with Crippen LogP contribution >= 0.6 is 0 Å². The van der Waals surface area contributed by atoms with E-state index in [1.807, 2.05) is 13.8 Å². The van der Waals surface area contributed by atoms with Gasteiger partial charge < -0.3 is 4.74 Å². The molecule has 1 nitrogen and oxygen atoms in total. The van der Waals surface area contributed by atoms with Gasteiger partial charge >= 0.3 is 6.61 Å². The second kappa shape index (κ2) is 5.46. The SMILES string of the molecule is CC(C)C1=CC(OC(F)F)=C(C(C)C)CC1. The lowest BCUT2D eigenvalue weighted by molar-refractivity contribution is -0.0939. The minimum atomic E-state index is -2.73. The maximum Gasteiger partial charge on any atom is 0.387 e. The average Bonchev–Trinajstić information content (AvgIpc) is 2.15. The summed E-state index contributed by atoms with van der Waals surface area (Å²) in [4.78, 5) is 0. The topological polar surface area (TPSA) is 9.23 Å². The van der Waals surface area contributed by atoms with Crippen molar-refractivity contribution >= 4 is 0 Å². The Kier molecular flexibility index (Phi) is 4.51. The molecule has 0 saturated carbocycles. The van der Waals surface area contributed by atoms with Crippen LogP contribution in [-0.2, 0) is 4.74 Å². The fourth-order valence-corrected chi connectivity index (χ4v) is 1.97. The Bertz CT molecular complexity index is 301. The molecule has 0 radical (unpaired) electrons. The third kappa shape index (κ3) is 3.32. The molecule has 0 fully saturated rings. The van der Waals surface area contributed by atoms with Crippen LogP contribution in [0.25, 0.3) is 0 Å². The molecule has 0 N–H and O–H groups in total. The predicted octanol–water partition coefficient (Wildman–Crippen LogP) is 4.51. The van der Waals surface area contributed by atoms with Crippen molar-refractivity contribution in [3.05, 3.63) is 23.0 Å². The van der Waals surface area contributed by atoms with Crippen LogP contribution in [0.15, 0.2) is 23.0 Å². The van der Waals surface area contributed by atoms with Gasteiger partial charge in [-0.1, -0.05) is 33.3 Å². The number of rotatable bonds is 4. The van der Waals surface area contributed by atoms with Crippen LogP contribution in [0.1, 0.15) is 40.5 Å². The summed E-state index contributed by atoms with van der Waals surface area (Å²) in [6.07, 6.45) is 3.60. The van der Waals surface area contributed by atoms with Gasteiger partial charge in [0.2, 0.25) is 0 Å². The summed E-state index contributed by atoms with van der Waals surface area (Å²) in [6, 6.07) is 0. The third-order valence-corrected chi connectivity index (χ3v) is 2.97. The molecule has 0 bridgehead atoms. The lowest BCUT2D eigenvalue weighted by atomic mass is 9.86. The van der Waals surface area contributed by atoms with Crippen LogP contribution < -0.4 is 0 Å². The molecule has 3 heteroatoms. The van der Waals surface area contributed by atoms with Crippen molar-refractivity contribution in [3.63, 3.8) is 0 Å². The van der Waals surface area contributed by atoms with Crippen molar-refractivity contribution in [2.45, 2.75) is 47.1 Å². The van der Waals surface area contributed by atoms with Gasteiger partial charge in [0.15, 0.2) is 0 Å². The lowest BCUT2D eigenvalue weighted by Crippen LogP contribution is -2.11. The van der Waals surface area contributed by atoms with Gasteiger partial charge in [-0.2, -0.15) is 8.78 Å². The smallest absolute Gasteiger partial charge is 0.387 e. The fourth-order valence-electron chi connectivity index (χ4n) is 1.97. The maximum absolute atomic E-state index is 12.3. The largest absolute Gasteiger partial charge is 0.435 e. The molecule has 0 aromatic rings. The predicted molar refractivity (Wildman–Crippen MR) is 61.1 cm³/mol. The van der Waals surface area contributed by atoms with E-state index in [1.165, 1.54) is 5.57 Å². The van der Waals surface area contributed by atoms with E-state index in [9.17, 15) is 8.78 Å². The second-order valence-electron chi connectivity index (χ2n) is 4.80. The van der Waals surface area contributed by atoms with Crippen LogP contribution in [0.4, 0.5) is 8.78 Å². The first-order valence-electron chi connectivity index (χ1n) is 5.80. The fraction of sp³-hybridized carbons (Fsp3) is 0.692. The van der Waals surface area contributed by atoms with Crippen LogP contribution in [-0.4, -0.2) is 6.61 Å². The number of hydrogen-bond donors (Lipinski definition) is 0. The first-order valence-corrected chi connectivity index (χ1v) is 5.80. The summed E-state index contributed by atoms with van der Waals surface area (Å²) in [5.74, 6) is 1.05. The van der Waals surface area contributed by atoms with Crippen molar-refractivity contribution in [2.24, 2.45) is 11.8 Å². The van der Waals surface area contributed by atoms with E-state index in [2.05, 4.69) is 18.6 Å². The molecule has 0 spiro atoms. The van der Waals surface area contributed by atoms with E-state index < -0.39 is 6.61 Å². The average molecular weight is 230 g/mol. The minimum absolute atomic E-state index is 0.263. The molecule has 0 aromatic heterocycles. The highest BCUT2D eigenvalue weighted by Gasteiger charge is 2.20. The Morgan fingerprint density at radius 2 is 1.69 bits per heavy atom. The van der Waals surface area contributed by atoms with E-state index in [0.717, 1.165) is 18.4 Å². The summed E-state index contributed by atoms with van der Waals surface area (Å²) in [5.41, 5.74) is 2.20. The van der Waals surface area contributed by atoms with Crippen LogP contribution in [0.5, 0.6) is 0 Å². The van der Waals surface area contributed by atoms with Crippen molar-refractivity contribution in [1.29, 1.82) is 0 Å².